The number of furan rings is 1. The van der Waals surface area contributed by atoms with Gasteiger partial charge in [0.05, 0.1) is 19.4 Å². The van der Waals surface area contributed by atoms with Gasteiger partial charge in [0.1, 0.15) is 11.6 Å². The van der Waals surface area contributed by atoms with E-state index in [-0.39, 0.29) is 35.2 Å². The number of nitrogens with one attached hydrogen (secondary N) is 2. The molecule has 3 rings (SSSR count). The molecule has 0 saturated heterocycles. The first-order valence-electron chi connectivity index (χ1n) is 9.01. The summed E-state index contributed by atoms with van der Waals surface area (Å²) in [4.78, 5) is 4.74. The van der Waals surface area contributed by atoms with E-state index in [0.29, 0.717) is 19.7 Å². The molecule has 1 aromatic carbocycles. The van der Waals surface area contributed by atoms with Crippen LogP contribution in [0.3, 0.4) is 0 Å². The Balaban J connectivity index is 0.00000261. The number of guanidine groups is 1. The molecule has 27 heavy (non-hydrogen) atoms. The second-order valence-electron chi connectivity index (χ2n) is 6.63. The molecule has 0 radical (unpaired) electrons. The van der Waals surface area contributed by atoms with E-state index in [1.807, 2.05) is 18.2 Å². The van der Waals surface area contributed by atoms with Crippen LogP contribution in [0, 0.1) is 5.82 Å². The summed E-state index contributed by atoms with van der Waals surface area (Å²) in [7, 11) is 1.67. The molecule has 0 amide bonds. The minimum absolute atomic E-state index is 0. The third kappa shape index (κ3) is 6.49. The van der Waals surface area contributed by atoms with Crippen molar-refractivity contribution in [3.05, 3.63) is 59.8 Å². The van der Waals surface area contributed by atoms with Gasteiger partial charge in [-0.05, 0) is 42.7 Å². The Morgan fingerprint density at radius 2 is 2.04 bits per heavy atom. The van der Waals surface area contributed by atoms with E-state index in [1.54, 1.807) is 25.5 Å². The van der Waals surface area contributed by atoms with Gasteiger partial charge in [0, 0.05) is 32.0 Å². The summed E-state index contributed by atoms with van der Waals surface area (Å²) >= 11 is 0. The first kappa shape index (κ1) is 21.7. The Labute approximate surface area is 176 Å². The zero-order valence-electron chi connectivity index (χ0n) is 15.5. The van der Waals surface area contributed by atoms with Crippen LogP contribution in [0.4, 0.5) is 4.39 Å². The molecule has 0 unspecified atom stereocenters. The van der Waals surface area contributed by atoms with Crippen LogP contribution in [-0.2, 0) is 16.6 Å². The number of methoxy groups -OCH3 is 1. The maximum atomic E-state index is 13.5. The molecule has 0 aliphatic heterocycles. The van der Waals surface area contributed by atoms with E-state index < -0.39 is 0 Å². The Kier molecular flexibility index (Phi) is 8.56. The predicted octanol–water partition coefficient (Wildman–Crippen LogP) is 3.49. The van der Waals surface area contributed by atoms with Crippen molar-refractivity contribution in [2.45, 2.75) is 24.7 Å². The third-order valence-electron chi connectivity index (χ3n) is 4.67. The van der Waals surface area contributed by atoms with Gasteiger partial charge in [-0.2, -0.15) is 0 Å². The molecule has 0 bridgehead atoms. The second kappa shape index (κ2) is 10.7. The Hall–Kier alpha value is -1.61. The van der Waals surface area contributed by atoms with Crippen molar-refractivity contribution in [3.8, 4) is 0 Å². The van der Waals surface area contributed by atoms with Crippen molar-refractivity contribution in [2.75, 3.05) is 33.4 Å². The monoisotopic (exact) mass is 487 g/mol. The molecule has 5 nitrogen and oxygen atoms in total. The Bertz CT molecular complexity index is 718. The highest BCUT2D eigenvalue weighted by molar-refractivity contribution is 14.0. The van der Waals surface area contributed by atoms with Crippen LogP contribution in [-0.4, -0.2) is 39.3 Å². The normalized spacial score (nSPS) is 15.1. The van der Waals surface area contributed by atoms with E-state index >= 15 is 0 Å². The zero-order chi connectivity index (χ0) is 18.2. The van der Waals surface area contributed by atoms with Gasteiger partial charge >= 0.3 is 0 Å². The highest BCUT2D eigenvalue weighted by atomic mass is 127. The van der Waals surface area contributed by atoms with Crippen LogP contribution in [0.1, 0.15) is 24.2 Å². The van der Waals surface area contributed by atoms with Gasteiger partial charge in [-0.15, -0.1) is 24.0 Å². The summed E-state index contributed by atoms with van der Waals surface area (Å²) in [6, 6.07) is 10.7. The fraction of sp³-hybridized carbons (Fsp3) is 0.450. The first-order valence-corrected chi connectivity index (χ1v) is 9.01. The summed E-state index contributed by atoms with van der Waals surface area (Å²) in [5.74, 6) is 1.50. The molecule has 1 saturated carbocycles. The van der Waals surface area contributed by atoms with Crippen LogP contribution in [0.15, 0.2) is 52.1 Å². The van der Waals surface area contributed by atoms with Gasteiger partial charge in [0.15, 0.2) is 5.96 Å². The minimum Gasteiger partial charge on any atom is -0.469 e. The standard InChI is InChI=1S/C20H26FN3O2.HI/c1-25-13-11-23-19(22-10-7-18-6-3-12-26-18)24-15-20(8-9-20)16-4-2-5-17(21)14-16;/h2-6,12,14H,7-11,13,15H2,1H3,(H2,22,23,24);1H. The average molecular weight is 487 g/mol. The van der Waals surface area contributed by atoms with Gasteiger partial charge < -0.3 is 19.8 Å². The van der Waals surface area contributed by atoms with Crippen molar-refractivity contribution in [3.63, 3.8) is 0 Å². The number of hydrogen-bond donors (Lipinski definition) is 2. The van der Waals surface area contributed by atoms with Crippen molar-refractivity contribution < 1.29 is 13.5 Å². The summed E-state index contributed by atoms with van der Waals surface area (Å²) in [5.41, 5.74) is 1.01. The van der Waals surface area contributed by atoms with E-state index in [2.05, 4.69) is 10.6 Å². The molecule has 0 spiro atoms. The summed E-state index contributed by atoms with van der Waals surface area (Å²) in [5, 5.41) is 6.60. The zero-order valence-corrected chi connectivity index (χ0v) is 17.9. The van der Waals surface area contributed by atoms with Crippen molar-refractivity contribution in [1.82, 2.24) is 10.6 Å². The van der Waals surface area contributed by atoms with Gasteiger partial charge in [-0.1, -0.05) is 12.1 Å². The maximum Gasteiger partial charge on any atom is 0.191 e. The number of rotatable bonds is 9. The highest BCUT2D eigenvalue weighted by Gasteiger charge is 2.44. The topological polar surface area (TPSA) is 58.8 Å². The molecule has 1 aliphatic carbocycles. The van der Waals surface area contributed by atoms with Crippen LogP contribution in [0.2, 0.25) is 0 Å². The Morgan fingerprint density at radius 3 is 2.70 bits per heavy atom. The van der Waals surface area contributed by atoms with E-state index in [4.69, 9.17) is 14.1 Å². The lowest BCUT2D eigenvalue weighted by atomic mass is 9.96. The van der Waals surface area contributed by atoms with Gasteiger partial charge in [0.25, 0.3) is 0 Å². The predicted molar refractivity (Wildman–Crippen MR) is 115 cm³/mol. The number of ether oxygens (including phenoxy) is 1. The minimum atomic E-state index is -0.187. The highest BCUT2D eigenvalue weighted by Crippen LogP contribution is 2.48. The lowest BCUT2D eigenvalue weighted by Gasteiger charge is -2.16. The fourth-order valence-electron chi connectivity index (χ4n) is 2.94. The van der Waals surface area contributed by atoms with E-state index in [1.165, 1.54) is 6.07 Å². The lowest BCUT2D eigenvalue weighted by Crippen LogP contribution is -2.40. The molecule has 1 aliphatic rings. The molecule has 2 aromatic rings. The van der Waals surface area contributed by atoms with Crippen LogP contribution in [0.25, 0.3) is 0 Å². The fourth-order valence-corrected chi connectivity index (χ4v) is 2.94. The largest absolute Gasteiger partial charge is 0.469 e. The molecule has 1 fully saturated rings. The molecule has 1 heterocycles. The SMILES string of the molecule is COCCNC(=NCC1(c2cccc(F)c2)CC1)NCCc1ccco1.I. The van der Waals surface area contributed by atoms with Crippen molar-refractivity contribution in [2.24, 2.45) is 4.99 Å². The third-order valence-corrected chi connectivity index (χ3v) is 4.67. The number of halogens is 2. The molecule has 148 valence electrons. The smallest absolute Gasteiger partial charge is 0.191 e. The van der Waals surface area contributed by atoms with Crippen LogP contribution >= 0.6 is 24.0 Å². The molecule has 0 atom stereocenters. The molecule has 1 aromatic heterocycles. The molecule has 2 N–H and O–H groups in total. The van der Waals surface area contributed by atoms with Gasteiger partial charge in [-0.3, -0.25) is 4.99 Å². The number of benzene rings is 1. The molecule has 7 heteroatoms. The average Bonchev–Trinajstić information content (AvgIpc) is 3.26. The molecular weight excluding hydrogens is 460 g/mol. The number of nitrogens with zero attached hydrogens (tertiary/aromatic N) is 1. The second-order valence-corrected chi connectivity index (χ2v) is 6.63. The van der Waals surface area contributed by atoms with Crippen LogP contribution < -0.4 is 10.6 Å². The van der Waals surface area contributed by atoms with Gasteiger partial charge in [-0.25, -0.2) is 4.39 Å². The number of aliphatic imine (C=N–C) groups is 1. The summed E-state index contributed by atoms with van der Waals surface area (Å²) < 4.78 is 24.0. The quantitative estimate of drug-likeness (QED) is 0.246. The van der Waals surface area contributed by atoms with E-state index in [9.17, 15) is 4.39 Å². The van der Waals surface area contributed by atoms with E-state index in [0.717, 1.165) is 43.1 Å². The summed E-state index contributed by atoms with van der Waals surface area (Å²) in [6.07, 6.45) is 4.54. The Morgan fingerprint density at radius 1 is 1.22 bits per heavy atom. The van der Waals surface area contributed by atoms with Crippen molar-refractivity contribution >= 4 is 29.9 Å². The molecular formula is C20H27FIN3O2. The first-order chi connectivity index (χ1) is 12.7. The maximum absolute atomic E-state index is 13.5. The summed E-state index contributed by atoms with van der Waals surface area (Å²) in [6.45, 7) is 2.64. The van der Waals surface area contributed by atoms with Crippen molar-refractivity contribution in [1.29, 1.82) is 0 Å². The van der Waals surface area contributed by atoms with Crippen LogP contribution in [0.5, 0.6) is 0 Å². The van der Waals surface area contributed by atoms with Gasteiger partial charge in [0.2, 0.25) is 0 Å². The lowest BCUT2D eigenvalue weighted by molar-refractivity contribution is 0.203. The number of hydrogen-bond acceptors (Lipinski definition) is 3.